The van der Waals surface area contributed by atoms with E-state index in [1.54, 1.807) is 121 Å². The number of aliphatic hydroxyl groups excluding tert-OH is 3. The summed E-state index contributed by atoms with van der Waals surface area (Å²) in [6.07, 6.45) is -10.3. The quantitative estimate of drug-likeness (QED) is 0.00977. The third-order valence-corrected chi connectivity index (χ3v) is 20.8. The standard InChI is InChI=1S/C89H121N21O25/c1-46(2)71(108-83(129)64(42-53-25-16-9-17-26-53)104-84(130)66(45-111)107-87(133)73(49(5)113)110-77(123)58(33-36-68(92)116)99-79(125)60(101-74(120)47(3)90)39-50-19-10-6-11-20-50)85(131)105-63(41-52-23-14-8-15-24-52)81(127)98-57(32-35-67(91)115)76(122)97-56(27-18-38-96-89(94)95)75(121)102-61(40-51-21-12-7-13-22-51)82(128)103-62(43-54-28-30-55(114)31-29-54)80(126)100-59(34-37-70(118)119)78(124)109-72(48(4)112)86(132)106-65(88(134)135)44-69(93)117/h6-17,19-26,28-31,46-49,56-66,71-73,111-114H,18,27,32-45,90H2,1-5H3,(H2,91,115)(H2,92,116)(H2,93,117)(H,97,122)(H,98,127)(H,99,125)(H,100,126)(H,101,120)(H,102,121)(H,103,128)(H,104,130)(H,105,131)(H,106,132)(H,107,133)(H,108,129)(H,109,124)(H,110,123)(H,118,119)(H,134,135)(H4,94,95,96)/t47-,48+,49+,56-,57-,58-,59-,60-,61-,62-,63-,64-,65-,66-,71-,72-,73-/m0/s1. The van der Waals surface area contributed by atoms with Crippen LogP contribution in [0.25, 0.3) is 0 Å². The molecule has 0 aliphatic rings. The normalized spacial score (nSPS) is 14.8. The van der Waals surface area contributed by atoms with Crippen molar-refractivity contribution in [1.82, 2.24) is 79.8 Å². The van der Waals surface area contributed by atoms with Crippen LogP contribution in [0.3, 0.4) is 0 Å². The maximum Gasteiger partial charge on any atom is 0.326 e. The largest absolute Gasteiger partial charge is 0.508 e. The lowest BCUT2D eigenvalue weighted by Gasteiger charge is -2.29. The molecule has 0 saturated carbocycles. The number of carboxylic acid groups (broad SMARTS) is 2. The van der Waals surface area contributed by atoms with Crippen LogP contribution < -0.4 is 108 Å². The summed E-state index contributed by atoms with van der Waals surface area (Å²) < 4.78 is 0. The number of phenols is 1. The van der Waals surface area contributed by atoms with Crippen molar-refractivity contribution in [2.24, 2.45) is 34.6 Å². The van der Waals surface area contributed by atoms with Gasteiger partial charge in [0.1, 0.15) is 90.3 Å². The van der Waals surface area contributed by atoms with E-state index in [0.29, 0.717) is 22.3 Å². The van der Waals surface area contributed by atoms with E-state index in [1.165, 1.54) is 45.0 Å². The fourth-order valence-electron chi connectivity index (χ4n) is 13.5. The highest BCUT2D eigenvalue weighted by molar-refractivity contribution is 6.02. The van der Waals surface area contributed by atoms with Gasteiger partial charge in [-0.1, -0.05) is 147 Å². The number of aliphatic carboxylic acids is 2. The predicted molar refractivity (Wildman–Crippen MR) is 483 cm³/mol. The number of carbonyl (C=O) groups is 19. The number of aliphatic hydroxyl groups is 3. The molecule has 0 radical (unpaired) electrons. The molecule has 0 spiro atoms. The van der Waals surface area contributed by atoms with E-state index in [2.05, 4.69) is 74.4 Å². The Kier molecular flexibility index (Phi) is 45.8. The van der Waals surface area contributed by atoms with Gasteiger partial charge in [0.15, 0.2) is 5.96 Å². The van der Waals surface area contributed by atoms with Gasteiger partial charge in [-0.05, 0) is 98.7 Å². The third kappa shape index (κ3) is 39.5. The first-order chi connectivity index (χ1) is 63.8. The maximum absolute atomic E-state index is 15.1. The Morgan fingerprint density at radius 1 is 0.319 bits per heavy atom. The van der Waals surface area contributed by atoms with Crippen LogP contribution in [-0.2, 0) is 123 Å². The van der Waals surface area contributed by atoms with Gasteiger partial charge in [0.2, 0.25) is 100 Å². The highest BCUT2D eigenvalue weighted by atomic mass is 16.4. The van der Waals surface area contributed by atoms with Crippen molar-refractivity contribution in [2.75, 3.05) is 13.2 Å². The lowest BCUT2D eigenvalue weighted by atomic mass is 9.99. The summed E-state index contributed by atoms with van der Waals surface area (Å²) in [7, 11) is 0. The van der Waals surface area contributed by atoms with E-state index in [1.807, 2.05) is 5.32 Å². The molecule has 0 fully saturated rings. The molecule has 5 aromatic rings. The van der Waals surface area contributed by atoms with Crippen molar-refractivity contribution < 1.29 is 122 Å². The van der Waals surface area contributed by atoms with Crippen LogP contribution in [-0.4, -0.2) is 265 Å². The smallest absolute Gasteiger partial charge is 0.326 e. The summed E-state index contributed by atoms with van der Waals surface area (Å²) in [5.41, 5.74) is 29.6. The number of guanidine groups is 1. The lowest BCUT2D eigenvalue weighted by Crippen LogP contribution is -2.63. The number of carboxylic acids is 2. The summed E-state index contributed by atoms with van der Waals surface area (Å²) in [6, 6.07) is 11.5. The van der Waals surface area contributed by atoms with Crippen LogP contribution in [0.15, 0.2) is 146 Å². The van der Waals surface area contributed by atoms with Crippen molar-refractivity contribution in [3.05, 3.63) is 173 Å². The summed E-state index contributed by atoms with van der Waals surface area (Å²) in [4.78, 5) is 262. The van der Waals surface area contributed by atoms with E-state index < -0.39 is 285 Å². The minimum Gasteiger partial charge on any atom is -0.508 e. The number of benzene rings is 5. The highest BCUT2D eigenvalue weighted by Crippen LogP contribution is 2.18. The molecule has 17 amide bonds. The van der Waals surface area contributed by atoms with E-state index in [9.17, 15) is 103 Å². The average molecular weight is 1890 g/mol. The van der Waals surface area contributed by atoms with E-state index >= 15 is 19.2 Å². The molecule has 0 heterocycles. The summed E-state index contributed by atoms with van der Waals surface area (Å²) in [6.45, 7) is 5.16. The molecule has 46 heteroatoms. The summed E-state index contributed by atoms with van der Waals surface area (Å²) in [5, 5.41) is 106. The van der Waals surface area contributed by atoms with Crippen molar-refractivity contribution in [1.29, 1.82) is 5.41 Å². The third-order valence-electron chi connectivity index (χ3n) is 20.8. The van der Waals surface area contributed by atoms with Crippen molar-refractivity contribution >= 4 is 118 Å². The monoisotopic (exact) mass is 1880 g/mol. The Hall–Kier alpha value is -15.1. The highest BCUT2D eigenvalue weighted by Gasteiger charge is 2.41. The number of primary amides is 3. The topological polar surface area (TPSA) is 780 Å². The second-order valence-electron chi connectivity index (χ2n) is 32.4. The first kappa shape index (κ1) is 110. The molecule has 135 heavy (non-hydrogen) atoms. The number of carbonyl (C=O) groups excluding carboxylic acids is 17. The number of phenolic OH excluding ortho intramolecular Hbond substituents is 1. The van der Waals surface area contributed by atoms with Gasteiger partial charge in [-0.2, -0.15) is 0 Å². The number of nitrogens with one attached hydrogen (secondary N) is 16. The second-order valence-corrected chi connectivity index (χ2v) is 32.4. The van der Waals surface area contributed by atoms with Crippen LogP contribution >= 0.6 is 0 Å². The number of hydrogen-bond donors (Lipinski definition) is 27. The van der Waals surface area contributed by atoms with Crippen molar-refractivity contribution in [3.63, 3.8) is 0 Å². The first-order valence-electron chi connectivity index (χ1n) is 43.1. The van der Waals surface area contributed by atoms with Crippen LogP contribution in [0.4, 0.5) is 0 Å². The zero-order chi connectivity index (χ0) is 100. The molecule has 5 rings (SSSR count). The molecule has 0 unspecified atom stereocenters. The van der Waals surface area contributed by atoms with Gasteiger partial charge in [-0.15, -0.1) is 0 Å². The molecule has 17 atom stereocenters. The van der Waals surface area contributed by atoms with E-state index in [0.717, 1.165) is 13.8 Å². The minimum absolute atomic E-state index is 0.0835. The fourth-order valence-corrected chi connectivity index (χ4v) is 13.5. The molecule has 0 aromatic heterocycles. The van der Waals surface area contributed by atoms with Crippen LogP contribution in [0.2, 0.25) is 0 Å². The molecular formula is C89H121N21O25. The van der Waals surface area contributed by atoms with E-state index in [-0.39, 0.29) is 56.4 Å². The second kappa shape index (κ2) is 56.0. The molecule has 0 aliphatic heterocycles. The molecule has 5 aromatic carbocycles. The molecule has 0 aliphatic carbocycles. The number of rotatable bonds is 58. The number of amides is 17. The molecule has 46 nitrogen and oxygen atoms in total. The van der Waals surface area contributed by atoms with Crippen molar-refractivity contribution in [3.8, 4) is 5.75 Å². The van der Waals surface area contributed by atoms with Gasteiger partial charge in [-0.3, -0.25) is 91.7 Å². The first-order valence-corrected chi connectivity index (χ1v) is 43.1. The maximum atomic E-state index is 15.1. The van der Waals surface area contributed by atoms with Gasteiger partial charge < -0.3 is 139 Å². The molecule has 0 saturated heterocycles. The van der Waals surface area contributed by atoms with Crippen molar-refractivity contribution in [2.45, 2.75) is 227 Å². The lowest BCUT2D eigenvalue weighted by molar-refractivity contribution is -0.144. The van der Waals surface area contributed by atoms with Gasteiger partial charge in [0.05, 0.1) is 31.3 Å². The Balaban J connectivity index is 1.46. The van der Waals surface area contributed by atoms with Gasteiger partial charge >= 0.3 is 11.9 Å². The Morgan fingerprint density at radius 3 is 0.889 bits per heavy atom. The average Bonchev–Trinajstić information content (AvgIpc) is 0.830. The molecular weight excluding hydrogens is 1760 g/mol. The van der Waals surface area contributed by atoms with Crippen LogP contribution in [0.1, 0.15) is 120 Å². The Bertz CT molecular complexity index is 4910. The molecule has 732 valence electrons. The molecule has 32 N–H and O–H groups in total. The van der Waals surface area contributed by atoms with Crippen LogP contribution in [0.5, 0.6) is 5.75 Å². The van der Waals surface area contributed by atoms with Gasteiger partial charge in [0.25, 0.3) is 0 Å². The van der Waals surface area contributed by atoms with Gasteiger partial charge in [0, 0.05) is 57.9 Å². The SMILES string of the molecule is CC(C)[C@H](NC(=O)[C@H](Cc1ccccc1)NC(=O)[C@H](CO)NC(=O)[C@@H](NC(=O)[C@H](CCC(N)=O)NC(=O)[C@H](Cc1ccccc1)NC(=O)[C@H](C)N)[C@@H](C)O)C(=O)N[C@@H](Cc1ccccc1)C(=O)N[C@@H](CCC(N)=O)C(=O)N[C@@H](CCCNC(=N)N)C(=O)N[C@@H](Cc1ccccc1)C(=O)N[C@@H](Cc1ccc(O)cc1)C(=O)N[C@@H](CCC(=O)O)C(=O)N[C@H](C(=O)N[C@@H](CC(N)=O)C(=O)O)[C@@H](C)O. The zero-order valence-electron chi connectivity index (χ0n) is 74.9. The predicted octanol–water partition coefficient (Wildman–Crippen LogP) is -6.93. The van der Waals surface area contributed by atoms with E-state index in [4.69, 9.17) is 34.1 Å². The number of aromatic hydroxyl groups is 1. The molecule has 0 bridgehead atoms. The Labute approximate surface area is 776 Å². The minimum atomic E-state index is -2.02. The summed E-state index contributed by atoms with van der Waals surface area (Å²) in [5.74, 6) is -23.7. The van der Waals surface area contributed by atoms with Crippen LogP contribution in [0, 0.1) is 11.3 Å². The fraction of sp³-hybridized carbons (Fsp3) is 0.438. The number of nitrogens with two attached hydrogens (primary N) is 5. The zero-order valence-corrected chi connectivity index (χ0v) is 74.9. The summed E-state index contributed by atoms with van der Waals surface area (Å²) >= 11 is 0. The number of hydrogen-bond acceptors (Lipinski definition) is 25. The Morgan fingerprint density at radius 2 is 0.585 bits per heavy atom. The van der Waals surface area contributed by atoms with Gasteiger partial charge in [-0.25, -0.2) is 4.79 Å².